The van der Waals surface area contributed by atoms with Crippen molar-refractivity contribution in [3.05, 3.63) is 68.7 Å². The van der Waals surface area contributed by atoms with Crippen molar-refractivity contribution in [1.82, 2.24) is 5.32 Å². The lowest BCUT2D eigenvalue weighted by Crippen LogP contribution is -2.35. The van der Waals surface area contributed by atoms with Crippen LogP contribution in [0, 0.1) is 17.0 Å². The number of amides is 1. The van der Waals surface area contributed by atoms with E-state index in [0.717, 1.165) is 5.56 Å². The van der Waals surface area contributed by atoms with Crippen LogP contribution in [0.5, 0.6) is 0 Å². The first kappa shape index (κ1) is 17.8. The molecule has 1 amide bonds. The zero-order valence-corrected chi connectivity index (χ0v) is 14.3. The van der Waals surface area contributed by atoms with Gasteiger partial charge >= 0.3 is 0 Å². The van der Waals surface area contributed by atoms with Crippen LogP contribution in [-0.2, 0) is 11.2 Å². The van der Waals surface area contributed by atoms with Crippen LogP contribution in [0.4, 0.5) is 11.4 Å². The fourth-order valence-electron chi connectivity index (χ4n) is 2.00. The number of halogens is 1. The molecule has 0 saturated carbocycles. The number of thiocarbonyl (C=S) groups is 1. The molecule has 0 atom stereocenters. The highest BCUT2D eigenvalue weighted by atomic mass is 35.5. The average Bonchev–Trinajstić information content (AvgIpc) is 2.51. The third kappa shape index (κ3) is 5.00. The van der Waals surface area contributed by atoms with Gasteiger partial charge in [-0.1, -0.05) is 29.8 Å². The van der Waals surface area contributed by atoms with Crippen LogP contribution >= 0.6 is 23.8 Å². The first-order valence-corrected chi connectivity index (χ1v) is 7.74. The molecular formula is C16H14ClN3O3S. The van der Waals surface area contributed by atoms with Gasteiger partial charge in [-0.05, 0) is 42.9 Å². The standard InChI is InChI=1S/C16H14ClN3O3S/c1-10-2-7-13(9-14(10)20(22)23)18-16(24)19-15(21)8-11-3-5-12(17)6-4-11/h2-7,9H,8H2,1H3,(H2,18,19,21,24). The Morgan fingerprint density at radius 2 is 1.92 bits per heavy atom. The Bertz CT molecular complexity index is 794. The molecule has 124 valence electrons. The van der Waals surface area contributed by atoms with Gasteiger partial charge in [-0.3, -0.25) is 14.9 Å². The van der Waals surface area contributed by atoms with Crippen molar-refractivity contribution >= 4 is 46.2 Å². The number of rotatable bonds is 4. The van der Waals surface area contributed by atoms with Crippen molar-refractivity contribution in [2.24, 2.45) is 0 Å². The Morgan fingerprint density at radius 1 is 1.25 bits per heavy atom. The molecule has 8 heteroatoms. The zero-order valence-electron chi connectivity index (χ0n) is 12.7. The van der Waals surface area contributed by atoms with E-state index in [0.29, 0.717) is 16.3 Å². The second-order valence-corrected chi connectivity index (χ2v) is 5.91. The molecular weight excluding hydrogens is 350 g/mol. The number of carbonyl (C=O) groups excluding carboxylic acids is 1. The first-order chi connectivity index (χ1) is 11.3. The summed E-state index contributed by atoms with van der Waals surface area (Å²) in [6.45, 7) is 1.65. The van der Waals surface area contributed by atoms with E-state index in [-0.39, 0.29) is 23.1 Å². The number of hydrogen-bond donors (Lipinski definition) is 2. The van der Waals surface area contributed by atoms with Crippen molar-refractivity contribution in [2.45, 2.75) is 13.3 Å². The Labute approximate surface area is 149 Å². The average molecular weight is 364 g/mol. The van der Waals surface area contributed by atoms with Crippen LogP contribution in [0.15, 0.2) is 42.5 Å². The fourth-order valence-corrected chi connectivity index (χ4v) is 2.36. The van der Waals surface area contributed by atoms with E-state index in [4.69, 9.17) is 23.8 Å². The van der Waals surface area contributed by atoms with Crippen LogP contribution in [0.25, 0.3) is 0 Å². The highest BCUT2D eigenvalue weighted by Crippen LogP contribution is 2.22. The maximum Gasteiger partial charge on any atom is 0.274 e. The lowest BCUT2D eigenvalue weighted by atomic mass is 10.1. The van der Waals surface area contributed by atoms with Gasteiger partial charge in [0.05, 0.1) is 11.3 Å². The quantitative estimate of drug-likeness (QED) is 0.492. The number of hydrogen-bond acceptors (Lipinski definition) is 4. The summed E-state index contributed by atoms with van der Waals surface area (Å²) < 4.78 is 0. The molecule has 0 aliphatic carbocycles. The number of nitrogens with one attached hydrogen (secondary N) is 2. The molecule has 2 N–H and O–H groups in total. The molecule has 0 spiro atoms. The maximum atomic E-state index is 11.9. The predicted molar refractivity (Wildman–Crippen MR) is 97.4 cm³/mol. The van der Waals surface area contributed by atoms with E-state index < -0.39 is 4.92 Å². The van der Waals surface area contributed by atoms with E-state index in [1.807, 2.05) is 0 Å². The van der Waals surface area contributed by atoms with E-state index >= 15 is 0 Å². The predicted octanol–water partition coefficient (Wildman–Crippen LogP) is 3.61. The van der Waals surface area contributed by atoms with E-state index in [9.17, 15) is 14.9 Å². The van der Waals surface area contributed by atoms with Crippen molar-refractivity contribution in [2.75, 3.05) is 5.32 Å². The number of nitro benzene ring substituents is 1. The lowest BCUT2D eigenvalue weighted by molar-refractivity contribution is -0.385. The normalized spacial score (nSPS) is 10.1. The van der Waals surface area contributed by atoms with Crippen molar-refractivity contribution in [3.63, 3.8) is 0 Å². The van der Waals surface area contributed by atoms with E-state index in [2.05, 4.69) is 10.6 Å². The largest absolute Gasteiger partial charge is 0.332 e. The van der Waals surface area contributed by atoms with Crippen molar-refractivity contribution in [3.8, 4) is 0 Å². The van der Waals surface area contributed by atoms with Gasteiger partial charge in [0, 0.05) is 22.3 Å². The minimum absolute atomic E-state index is 0.0182. The Kier molecular flexibility index (Phi) is 5.83. The number of carbonyl (C=O) groups is 1. The Morgan fingerprint density at radius 3 is 2.54 bits per heavy atom. The molecule has 6 nitrogen and oxygen atoms in total. The second kappa shape index (κ2) is 7.85. The summed E-state index contributed by atoms with van der Waals surface area (Å²) in [5.74, 6) is -0.295. The third-order valence-electron chi connectivity index (χ3n) is 3.19. The van der Waals surface area contributed by atoms with Crippen LogP contribution in [0.2, 0.25) is 5.02 Å². The highest BCUT2D eigenvalue weighted by molar-refractivity contribution is 7.80. The number of aryl methyl sites for hydroxylation is 1. The van der Waals surface area contributed by atoms with Crippen LogP contribution in [-0.4, -0.2) is 15.9 Å². The monoisotopic (exact) mass is 363 g/mol. The third-order valence-corrected chi connectivity index (χ3v) is 3.65. The van der Waals surface area contributed by atoms with Crippen LogP contribution in [0.3, 0.4) is 0 Å². The molecule has 0 bridgehead atoms. The van der Waals surface area contributed by atoms with Gasteiger partial charge in [0.15, 0.2) is 5.11 Å². The molecule has 0 aliphatic heterocycles. The minimum Gasteiger partial charge on any atom is -0.332 e. The zero-order chi connectivity index (χ0) is 17.7. The summed E-state index contributed by atoms with van der Waals surface area (Å²) in [7, 11) is 0. The van der Waals surface area contributed by atoms with Gasteiger partial charge in [0.25, 0.3) is 5.69 Å². The Balaban J connectivity index is 1.95. The van der Waals surface area contributed by atoms with Gasteiger partial charge < -0.3 is 10.6 Å². The molecule has 2 aromatic rings. The smallest absolute Gasteiger partial charge is 0.274 e. The molecule has 2 aromatic carbocycles. The lowest BCUT2D eigenvalue weighted by Gasteiger charge is -2.10. The van der Waals surface area contributed by atoms with Gasteiger partial charge in [-0.2, -0.15) is 0 Å². The van der Waals surface area contributed by atoms with Gasteiger partial charge in [-0.15, -0.1) is 0 Å². The maximum absolute atomic E-state index is 11.9. The summed E-state index contributed by atoms with van der Waals surface area (Å²) in [6, 6.07) is 11.5. The molecule has 0 aliphatic rings. The summed E-state index contributed by atoms with van der Waals surface area (Å²) in [6.07, 6.45) is 0.146. The first-order valence-electron chi connectivity index (χ1n) is 6.95. The van der Waals surface area contributed by atoms with E-state index in [1.54, 1.807) is 43.3 Å². The molecule has 0 fully saturated rings. The number of benzene rings is 2. The topological polar surface area (TPSA) is 84.3 Å². The molecule has 2 rings (SSSR count). The van der Waals surface area contributed by atoms with Crippen molar-refractivity contribution < 1.29 is 9.72 Å². The van der Waals surface area contributed by atoms with Crippen LogP contribution < -0.4 is 10.6 Å². The summed E-state index contributed by atoms with van der Waals surface area (Å²) in [4.78, 5) is 22.4. The van der Waals surface area contributed by atoms with Gasteiger partial charge in [0.1, 0.15) is 0 Å². The molecule has 0 saturated heterocycles. The number of anilines is 1. The van der Waals surface area contributed by atoms with Crippen LogP contribution in [0.1, 0.15) is 11.1 Å². The molecule has 24 heavy (non-hydrogen) atoms. The summed E-state index contributed by atoms with van der Waals surface area (Å²) >= 11 is 10.8. The van der Waals surface area contributed by atoms with Gasteiger partial charge in [0.2, 0.25) is 5.91 Å². The highest BCUT2D eigenvalue weighted by Gasteiger charge is 2.12. The SMILES string of the molecule is Cc1ccc(NC(=S)NC(=O)Cc2ccc(Cl)cc2)cc1[N+](=O)[O-]. The summed E-state index contributed by atoms with van der Waals surface area (Å²) in [5.41, 5.74) is 1.76. The Hall–Kier alpha value is -2.51. The number of nitrogens with zero attached hydrogens (tertiary/aromatic N) is 1. The van der Waals surface area contributed by atoms with Crippen molar-refractivity contribution in [1.29, 1.82) is 0 Å². The fraction of sp³-hybridized carbons (Fsp3) is 0.125. The molecule has 0 radical (unpaired) electrons. The van der Waals surface area contributed by atoms with E-state index in [1.165, 1.54) is 6.07 Å². The second-order valence-electron chi connectivity index (χ2n) is 5.06. The number of nitro groups is 1. The summed E-state index contributed by atoms with van der Waals surface area (Å²) in [5, 5.41) is 16.9. The van der Waals surface area contributed by atoms with Gasteiger partial charge in [-0.25, -0.2) is 0 Å². The molecule has 0 unspecified atom stereocenters. The molecule has 0 aromatic heterocycles. The molecule has 0 heterocycles. The minimum atomic E-state index is -0.470.